The van der Waals surface area contributed by atoms with E-state index in [1.165, 1.54) is 6.42 Å². The van der Waals surface area contributed by atoms with Crippen molar-refractivity contribution < 1.29 is 9.90 Å². The van der Waals surface area contributed by atoms with Crippen LogP contribution in [0.25, 0.3) is 0 Å². The van der Waals surface area contributed by atoms with Crippen molar-refractivity contribution in [2.75, 3.05) is 13.1 Å². The summed E-state index contributed by atoms with van der Waals surface area (Å²) < 4.78 is 0. The van der Waals surface area contributed by atoms with Crippen molar-refractivity contribution in [3.8, 4) is 0 Å². The molecule has 1 aliphatic rings. The van der Waals surface area contributed by atoms with Crippen LogP contribution < -0.4 is 10.6 Å². The van der Waals surface area contributed by atoms with Gasteiger partial charge in [-0.1, -0.05) is 20.3 Å². The lowest BCUT2D eigenvalue weighted by molar-refractivity contribution is -0.00642. The van der Waals surface area contributed by atoms with Crippen molar-refractivity contribution in [2.24, 2.45) is 5.92 Å². The van der Waals surface area contributed by atoms with E-state index in [-0.39, 0.29) is 6.03 Å². The summed E-state index contributed by atoms with van der Waals surface area (Å²) in [4.78, 5) is 11.4. The number of hydrogen-bond donors (Lipinski definition) is 3. The quantitative estimate of drug-likeness (QED) is 0.691. The Kier molecular flexibility index (Phi) is 5.75. The van der Waals surface area contributed by atoms with E-state index in [0.717, 1.165) is 38.0 Å². The number of aliphatic hydroxyl groups is 1. The normalized spacial score (nSPS) is 28.8. The van der Waals surface area contributed by atoms with Gasteiger partial charge in [0.15, 0.2) is 0 Å². The second-order valence-corrected chi connectivity index (χ2v) is 5.19. The molecule has 1 rings (SSSR count). The molecule has 0 aromatic carbocycles. The third-order valence-corrected chi connectivity index (χ3v) is 3.73. The molecule has 17 heavy (non-hydrogen) atoms. The zero-order valence-corrected chi connectivity index (χ0v) is 11.1. The number of rotatable bonds is 5. The van der Waals surface area contributed by atoms with Crippen molar-refractivity contribution >= 4 is 6.03 Å². The number of carbonyl (C=O) groups is 1. The lowest BCUT2D eigenvalue weighted by Crippen LogP contribution is -2.48. The van der Waals surface area contributed by atoms with Crippen molar-refractivity contribution in [3.63, 3.8) is 0 Å². The summed E-state index contributed by atoms with van der Waals surface area (Å²) in [5.41, 5.74) is -0.685. The topological polar surface area (TPSA) is 61.4 Å². The fraction of sp³-hybridized carbons (Fsp3) is 0.923. The summed E-state index contributed by atoms with van der Waals surface area (Å²) in [5, 5.41) is 15.8. The Hall–Kier alpha value is -0.770. The van der Waals surface area contributed by atoms with Crippen LogP contribution in [0.1, 0.15) is 52.4 Å². The average molecular weight is 242 g/mol. The van der Waals surface area contributed by atoms with E-state index in [9.17, 15) is 9.90 Å². The van der Waals surface area contributed by atoms with E-state index in [2.05, 4.69) is 17.6 Å². The van der Waals surface area contributed by atoms with Crippen molar-refractivity contribution in [1.82, 2.24) is 10.6 Å². The molecule has 0 aromatic heterocycles. The van der Waals surface area contributed by atoms with E-state index in [4.69, 9.17) is 0 Å². The molecule has 0 saturated heterocycles. The minimum atomic E-state index is -0.685. The smallest absolute Gasteiger partial charge is 0.314 e. The lowest BCUT2D eigenvalue weighted by atomic mass is 9.78. The molecule has 100 valence electrons. The first-order chi connectivity index (χ1) is 8.09. The molecule has 0 aliphatic heterocycles. The molecule has 0 spiro atoms. The molecular formula is C13H26N2O2. The van der Waals surface area contributed by atoms with Crippen LogP contribution >= 0.6 is 0 Å². The maximum Gasteiger partial charge on any atom is 0.314 e. The van der Waals surface area contributed by atoms with Gasteiger partial charge in [-0.3, -0.25) is 0 Å². The third kappa shape index (κ3) is 4.94. The van der Waals surface area contributed by atoms with E-state index in [1.54, 1.807) is 0 Å². The van der Waals surface area contributed by atoms with Crippen LogP contribution in [0.2, 0.25) is 0 Å². The van der Waals surface area contributed by atoms with Crippen LogP contribution in [0.5, 0.6) is 0 Å². The number of nitrogens with one attached hydrogen (secondary N) is 2. The van der Waals surface area contributed by atoms with Gasteiger partial charge < -0.3 is 15.7 Å². The van der Waals surface area contributed by atoms with E-state index in [0.29, 0.717) is 13.1 Å². The number of hydrogen-bond acceptors (Lipinski definition) is 2. The molecule has 0 unspecified atom stereocenters. The molecule has 0 heterocycles. The van der Waals surface area contributed by atoms with Crippen molar-refractivity contribution in [3.05, 3.63) is 0 Å². The highest BCUT2D eigenvalue weighted by Gasteiger charge is 2.32. The van der Waals surface area contributed by atoms with E-state index in [1.807, 2.05) is 6.92 Å². The number of urea groups is 1. The predicted octanol–water partition coefficient (Wildman–Crippen LogP) is 2.03. The Bertz CT molecular complexity index is 236. The summed E-state index contributed by atoms with van der Waals surface area (Å²) >= 11 is 0. The minimum Gasteiger partial charge on any atom is -0.388 e. The molecule has 0 atom stereocenters. The molecule has 2 amide bonds. The third-order valence-electron chi connectivity index (χ3n) is 3.73. The van der Waals surface area contributed by atoms with E-state index >= 15 is 0 Å². The zero-order chi connectivity index (χ0) is 12.7. The number of carbonyl (C=O) groups excluding carboxylic acids is 1. The maximum absolute atomic E-state index is 11.4. The highest BCUT2D eigenvalue weighted by atomic mass is 16.3. The van der Waals surface area contributed by atoms with Crippen molar-refractivity contribution in [1.29, 1.82) is 0 Å². The van der Waals surface area contributed by atoms with Crippen LogP contribution in [0.15, 0.2) is 0 Å². The maximum atomic E-state index is 11.4. The van der Waals surface area contributed by atoms with Gasteiger partial charge in [0.25, 0.3) is 0 Å². The first-order valence-corrected chi connectivity index (χ1v) is 6.83. The Morgan fingerprint density at radius 3 is 2.47 bits per heavy atom. The van der Waals surface area contributed by atoms with Crippen LogP contribution in [0, 0.1) is 5.92 Å². The molecule has 0 bridgehead atoms. The molecule has 1 saturated carbocycles. The van der Waals surface area contributed by atoms with Crippen LogP contribution in [-0.4, -0.2) is 29.8 Å². The molecule has 3 N–H and O–H groups in total. The Labute approximate surface area is 104 Å². The zero-order valence-electron chi connectivity index (χ0n) is 11.1. The van der Waals surface area contributed by atoms with Gasteiger partial charge in [-0.05, 0) is 38.0 Å². The molecule has 1 fully saturated rings. The summed E-state index contributed by atoms with van der Waals surface area (Å²) in [6, 6.07) is -0.169. The van der Waals surface area contributed by atoms with Gasteiger partial charge in [-0.15, -0.1) is 0 Å². The fourth-order valence-electron chi connectivity index (χ4n) is 2.35. The summed E-state index contributed by atoms with van der Waals surface area (Å²) in [7, 11) is 0. The first kappa shape index (κ1) is 14.3. The molecule has 1 aliphatic carbocycles. The van der Waals surface area contributed by atoms with Gasteiger partial charge in [0.2, 0.25) is 0 Å². The molecular weight excluding hydrogens is 216 g/mol. The minimum absolute atomic E-state index is 0.169. The van der Waals surface area contributed by atoms with Gasteiger partial charge in [-0.25, -0.2) is 4.79 Å². The van der Waals surface area contributed by atoms with Crippen LogP contribution in [0.4, 0.5) is 4.79 Å². The number of amides is 2. The molecule has 0 aromatic rings. The van der Waals surface area contributed by atoms with Crippen LogP contribution in [0.3, 0.4) is 0 Å². The van der Waals surface area contributed by atoms with Crippen molar-refractivity contribution in [2.45, 2.75) is 58.0 Å². The van der Waals surface area contributed by atoms with Crippen LogP contribution in [-0.2, 0) is 0 Å². The Morgan fingerprint density at radius 1 is 1.29 bits per heavy atom. The average Bonchev–Trinajstić information content (AvgIpc) is 2.35. The molecule has 0 radical (unpaired) electrons. The molecule has 4 nitrogen and oxygen atoms in total. The Balaban J connectivity index is 2.24. The van der Waals surface area contributed by atoms with Gasteiger partial charge in [0, 0.05) is 13.1 Å². The van der Waals surface area contributed by atoms with Gasteiger partial charge in [0.05, 0.1) is 5.60 Å². The monoisotopic (exact) mass is 242 g/mol. The SMILES string of the molecule is CCCNC(=O)NCC1(O)CCC(CC)CC1. The fourth-order valence-corrected chi connectivity index (χ4v) is 2.35. The standard InChI is InChI=1S/C13H26N2O2/c1-3-9-14-12(16)15-10-13(17)7-5-11(4-2)6-8-13/h11,17H,3-10H2,1-2H3,(H2,14,15,16). The second kappa shape index (κ2) is 6.84. The highest BCUT2D eigenvalue weighted by Crippen LogP contribution is 2.33. The summed E-state index contributed by atoms with van der Waals surface area (Å²) in [5.74, 6) is 0.754. The first-order valence-electron chi connectivity index (χ1n) is 6.83. The largest absolute Gasteiger partial charge is 0.388 e. The van der Waals surface area contributed by atoms with Gasteiger partial charge >= 0.3 is 6.03 Å². The molecule has 4 heteroatoms. The lowest BCUT2D eigenvalue weighted by Gasteiger charge is -2.35. The second-order valence-electron chi connectivity index (χ2n) is 5.19. The highest BCUT2D eigenvalue weighted by molar-refractivity contribution is 5.73. The summed E-state index contributed by atoms with van der Waals surface area (Å²) in [6.07, 6.45) is 5.88. The Morgan fingerprint density at radius 2 is 1.94 bits per heavy atom. The van der Waals surface area contributed by atoms with E-state index < -0.39 is 5.60 Å². The predicted molar refractivity (Wildman–Crippen MR) is 68.9 cm³/mol. The summed E-state index contributed by atoms with van der Waals surface area (Å²) in [6.45, 7) is 5.27. The van der Waals surface area contributed by atoms with Gasteiger partial charge in [-0.2, -0.15) is 0 Å². The van der Waals surface area contributed by atoms with Gasteiger partial charge in [0.1, 0.15) is 0 Å².